The number of hydrogen-bond donors (Lipinski definition) is 0. The summed E-state index contributed by atoms with van der Waals surface area (Å²) < 4.78 is 68.9. The number of ether oxygens (including phenoxy) is 2. The van der Waals surface area contributed by atoms with E-state index in [0.29, 0.717) is 11.3 Å². The number of carbonyl (C=O) groups is 1. The van der Waals surface area contributed by atoms with Crippen molar-refractivity contribution in [1.29, 1.82) is 0 Å². The standard InChI is InChI=1S/C21H14F4O4/c1-27-18-5-3-2-4-14(18)17(26)9-8-12-6-7-13(29-12)11-28-21-19(24)15(22)10-16(23)20(21)25/h2-10H,11H2,1H3/b9-8+. The molecule has 0 unspecified atom stereocenters. The SMILES string of the molecule is COc1ccccc1C(=O)/C=C/c1ccc(COc2c(F)c(F)cc(F)c2F)o1. The number of rotatable bonds is 7. The fourth-order valence-corrected chi connectivity index (χ4v) is 2.48. The fourth-order valence-electron chi connectivity index (χ4n) is 2.48. The molecule has 1 aromatic heterocycles. The summed E-state index contributed by atoms with van der Waals surface area (Å²) in [4.78, 5) is 12.3. The Balaban J connectivity index is 1.69. The molecule has 150 valence electrons. The summed E-state index contributed by atoms with van der Waals surface area (Å²) in [7, 11) is 1.45. The maximum absolute atomic E-state index is 13.6. The summed E-state index contributed by atoms with van der Waals surface area (Å²) >= 11 is 0. The van der Waals surface area contributed by atoms with E-state index < -0.39 is 35.6 Å². The predicted octanol–water partition coefficient (Wildman–Crippen LogP) is 5.32. The van der Waals surface area contributed by atoms with Crippen LogP contribution in [-0.4, -0.2) is 12.9 Å². The number of ketones is 1. The lowest BCUT2D eigenvalue weighted by atomic mass is 10.1. The van der Waals surface area contributed by atoms with Crippen LogP contribution in [0.5, 0.6) is 11.5 Å². The van der Waals surface area contributed by atoms with E-state index in [-0.39, 0.29) is 23.4 Å². The lowest BCUT2D eigenvalue weighted by molar-refractivity contribution is 0.104. The minimum atomic E-state index is -1.64. The van der Waals surface area contributed by atoms with Gasteiger partial charge in [-0.3, -0.25) is 4.79 Å². The van der Waals surface area contributed by atoms with Gasteiger partial charge in [0.2, 0.25) is 11.6 Å². The first-order valence-corrected chi connectivity index (χ1v) is 8.30. The monoisotopic (exact) mass is 406 g/mol. The second-order valence-electron chi connectivity index (χ2n) is 5.79. The Bertz CT molecular complexity index is 1050. The van der Waals surface area contributed by atoms with E-state index in [2.05, 4.69) is 0 Å². The summed E-state index contributed by atoms with van der Waals surface area (Å²) in [5, 5.41) is 0. The van der Waals surface area contributed by atoms with E-state index in [1.165, 1.54) is 31.4 Å². The first-order valence-electron chi connectivity index (χ1n) is 8.30. The van der Waals surface area contributed by atoms with Gasteiger partial charge >= 0.3 is 0 Å². The van der Waals surface area contributed by atoms with E-state index in [1.54, 1.807) is 24.3 Å². The molecule has 0 aliphatic rings. The third-order valence-electron chi connectivity index (χ3n) is 3.88. The van der Waals surface area contributed by atoms with Gasteiger partial charge < -0.3 is 13.9 Å². The second-order valence-corrected chi connectivity index (χ2v) is 5.79. The second kappa shape index (κ2) is 8.64. The third-order valence-corrected chi connectivity index (χ3v) is 3.88. The van der Waals surface area contributed by atoms with Crippen molar-refractivity contribution in [1.82, 2.24) is 0 Å². The maximum atomic E-state index is 13.6. The number of furan rings is 1. The molecule has 0 saturated carbocycles. The van der Waals surface area contributed by atoms with Gasteiger partial charge in [-0.2, -0.15) is 8.78 Å². The molecule has 0 aliphatic heterocycles. The van der Waals surface area contributed by atoms with Gasteiger partial charge in [0.05, 0.1) is 12.7 Å². The first-order chi connectivity index (χ1) is 13.9. The van der Waals surface area contributed by atoms with Gasteiger partial charge in [-0.25, -0.2) is 8.78 Å². The molecule has 4 nitrogen and oxygen atoms in total. The molecule has 0 bridgehead atoms. The zero-order chi connectivity index (χ0) is 21.0. The van der Waals surface area contributed by atoms with Crippen LogP contribution in [-0.2, 0) is 6.61 Å². The van der Waals surface area contributed by atoms with Gasteiger partial charge in [0.1, 0.15) is 23.9 Å². The van der Waals surface area contributed by atoms with E-state index in [0.717, 1.165) is 0 Å². The summed E-state index contributed by atoms with van der Waals surface area (Å²) in [6, 6.07) is 9.69. The Morgan fingerprint density at radius 3 is 2.41 bits per heavy atom. The zero-order valence-electron chi connectivity index (χ0n) is 15.0. The van der Waals surface area contributed by atoms with Crippen LogP contribution in [0.15, 0.2) is 53.0 Å². The number of para-hydroxylation sites is 1. The number of halogens is 4. The minimum Gasteiger partial charge on any atom is -0.496 e. The fraction of sp³-hybridized carbons (Fsp3) is 0.0952. The quantitative estimate of drug-likeness (QED) is 0.231. The normalized spacial score (nSPS) is 11.1. The van der Waals surface area contributed by atoms with Crippen molar-refractivity contribution in [3.63, 3.8) is 0 Å². The largest absolute Gasteiger partial charge is 0.496 e. The minimum absolute atomic E-state index is 0.0893. The van der Waals surface area contributed by atoms with Crippen LogP contribution in [0, 0.1) is 23.3 Å². The van der Waals surface area contributed by atoms with E-state index in [9.17, 15) is 22.4 Å². The molecule has 0 N–H and O–H groups in total. The smallest absolute Gasteiger partial charge is 0.203 e. The molecule has 0 atom stereocenters. The lowest BCUT2D eigenvalue weighted by Crippen LogP contribution is -2.03. The molecule has 3 rings (SSSR count). The van der Waals surface area contributed by atoms with Crippen molar-refractivity contribution in [2.75, 3.05) is 7.11 Å². The Morgan fingerprint density at radius 1 is 1.03 bits per heavy atom. The molecule has 8 heteroatoms. The van der Waals surface area contributed by atoms with Crippen LogP contribution < -0.4 is 9.47 Å². The Kier molecular flexibility index (Phi) is 6.01. The van der Waals surface area contributed by atoms with Crippen LogP contribution in [0.25, 0.3) is 6.08 Å². The van der Waals surface area contributed by atoms with Gasteiger partial charge in [-0.15, -0.1) is 0 Å². The molecule has 0 amide bonds. The van der Waals surface area contributed by atoms with Crippen molar-refractivity contribution in [3.05, 3.63) is 88.9 Å². The Labute approximate surface area is 163 Å². The van der Waals surface area contributed by atoms with Crippen molar-refractivity contribution in [3.8, 4) is 11.5 Å². The summed E-state index contributed by atoms with van der Waals surface area (Å²) in [6.45, 7) is -0.481. The molecule has 0 saturated heterocycles. The van der Waals surface area contributed by atoms with Crippen LogP contribution in [0.1, 0.15) is 21.9 Å². The van der Waals surface area contributed by atoms with E-state index in [4.69, 9.17) is 13.9 Å². The molecule has 2 aromatic carbocycles. The number of allylic oxidation sites excluding steroid dienone is 1. The average molecular weight is 406 g/mol. The summed E-state index contributed by atoms with van der Waals surface area (Å²) in [5.41, 5.74) is 0.362. The van der Waals surface area contributed by atoms with Gasteiger partial charge in [-0.1, -0.05) is 12.1 Å². The molecule has 3 aromatic rings. The molecular weight excluding hydrogens is 392 g/mol. The van der Waals surface area contributed by atoms with Crippen LogP contribution >= 0.6 is 0 Å². The van der Waals surface area contributed by atoms with Gasteiger partial charge in [0, 0.05) is 6.07 Å². The molecule has 0 fully saturated rings. The highest BCUT2D eigenvalue weighted by Crippen LogP contribution is 2.27. The summed E-state index contributed by atoms with van der Waals surface area (Å²) in [5.74, 6) is -7.12. The van der Waals surface area contributed by atoms with Crippen molar-refractivity contribution < 1.29 is 36.2 Å². The van der Waals surface area contributed by atoms with Crippen LogP contribution in [0.4, 0.5) is 17.6 Å². The van der Waals surface area contributed by atoms with E-state index in [1.807, 2.05) is 0 Å². The van der Waals surface area contributed by atoms with Crippen LogP contribution in [0.2, 0.25) is 0 Å². The molecular formula is C21H14F4O4. The number of carbonyl (C=O) groups excluding carboxylic acids is 1. The van der Waals surface area contributed by atoms with Crippen molar-refractivity contribution >= 4 is 11.9 Å². The summed E-state index contributed by atoms with van der Waals surface area (Å²) in [6.07, 6.45) is 2.66. The van der Waals surface area contributed by atoms with Gasteiger partial charge in [0.15, 0.2) is 23.2 Å². The van der Waals surface area contributed by atoms with Crippen molar-refractivity contribution in [2.24, 2.45) is 0 Å². The zero-order valence-corrected chi connectivity index (χ0v) is 15.0. The van der Waals surface area contributed by atoms with Gasteiger partial charge in [-0.05, 0) is 36.4 Å². The van der Waals surface area contributed by atoms with Crippen LogP contribution in [0.3, 0.4) is 0 Å². The molecule has 0 spiro atoms. The predicted molar refractivity (Wildman–Crippen MR) is 95.7 cm³/mol. The highest BCUT2D eigenvalue weighted by molar-refractivity contribution is 6.08. The van der Waals surface area contributed by atoms with E-state index >= 15 is 0 Å². The molecule has 1 heterocycles. The lowest BCUT2D eigenvalue weighted by Gasteiger charge is -2.08. The first kappa shape index (κ1) is 20.2. The molecule has 29 heavy (non-hydrogen) atoms. The highest BCUT2D eigenvalue weighted by Gasteiger charge is 2.21. The number of methoxy groups -OCH3 is 1. The molecule has 0 radical (unpaired) electrons. The van der Waals surface area contributed by atoms with Gasteiger partial charge in [0.25, 0.3) is 0 Å². The molecule has 0 aliphatic carbocycles. The Hall–Kier alpha value is -3.55. The average Bonchev–Trinajstić information content (AvgIpc) is 3.18. The number of benzene rings is 2. The number of hydrogen-bond acceptors (Lipinski definition) is 4. The topological polar surface area (TPSA) is 48.7 Å². The Morgan fingerprint density at radius 2 is 1.72 bits per heavy atom. The highest BCUT2D eigenvalue weighted by atomic mass is 19.2. The van der Waals surface area contributed by atoms with Crippen molar-refractivity contribution in [2.45, 2.75) is 6.61 Å². The third kappa shape index (κ3) is 4.48. The maximum Gasteiger partial charge on any atom is 0.203 e.